The van der Waals surface area contributed by atoms with E-state index in [0.29, 0.717) is 12.2 Å². The number of hydrogen-bond donors (Lipinski definition) is 0. The maximum atomic E-state index is 12.3. The number of rotatable bonds is 3. The Morgan fingerprint density at radius 1 is 1.19 bits per heavy atom. The van der Waals surface area contributed by atoms with Gasteiger partial charge in [0.05, 0.1) is 12.1 Å². The summed E-state index contributed by atoms with van der Waals surface area (Å²) in [4.78, 5) is 20.5. The molecule has 2 heterocycles. The zero-order chi connectivity index (χ0) is 14.7. The minimum absolute atomic E-state index is 0.113. The fourth-order valence-electron chi connectivity index (χ4n) is 2.60. The lowest BCUT2D eigenvalue weighted by molar-refractivity contribution is -0.131. The van der Waals surface area contributed by atoms with Crippen molar-refractivity contribution < 1.29 is 9.21 Å². The van der Waals surface area contributed by atoms with Gasteiger partial charge in [-0.05, 0) is 19.1 Å². The Hall–Kier alpha value is -2.30. The molecule has 0 bridgehead atoms. The number of para-hydroxylation sites is 1. The molecule has 0 spiro atoms. The van der Waals surface area contributed by atoms with E-state index in [1.165, 1.54) is 12.1 Å². The summed E-state index contributed by atoms with van der Waals surface area (Å²) in [7, 11) is 0. The average Bonchev–Trinajstić information content (AvgIpc) is 2.93. The van der Waals surface area contributed by atoms with E-state index in [4.69, 9.17) is 4.42 Å². The molecule has 0 aliphatic carbocycles. The number of nitrogens with zero attached hydrogens (tertiary/aromatic N) is 3. The van der Waals surface area contributed by atoms with Crippen molar-refractivity contribution in [3.8, 4) is 0 Å². The molecule has 21 heavy (non-hydrogen) atoms. The highest BCUT2D eigenvalue weighted by atomic mass is 16.3. The van der Waals surface area contributed by atoms with E-state index in [1.54, 1.807) is 0 Å². The number of carbonyl (C=O) groups is 1. The van der Waals surface area contributed by atoms with Gasteiger partial charge in [0, 0.05) is 31.9 Å². The molecule has 1 saturated heterocycles. The highest BCUT2D eigenvalue weighted by Crippen LogP contribution is 2.16. The largest absolute Gasteiger partial charge is 0.448 e. The van der Waals surface area contributed by atoms with E-state index in [9.17, 15) is 4.79 Å². The van der Waals surface area contributed by atoms with Gasteiger partial charge in [0.1, 0.15) is 5.76 Å². The summed E-state index contributed by atoms with van der Waals surface area (Å²) in [6, 6.07) is 10.3. The number of aryl methyl sites for hydroxylation is 1. The van der Waals surface area contributed by atoms with Crippen LogP contribution in [0.4, 0.5) is 5.69 Å². The number of amides is 1. The van der Waals surface area contributed by atoms with Crippen molar-refractivity contribution in [1.82, 2.24) is 9.88 Å². The van der Waals surface area contributed by atoms with Crippen molar-refractivity contribution in [1.29, 1.82) is 0 Å². The topological polar surface area (TPSA) is 49.6 Å². The maximum Gasteiger partial charge on any atom is 0.230 e. The van der Waals surface area contributed by atoms with Gasteiger partial charge < -0.3 is 14.2 Å². The Kier molecular flexibility index (Phi) is 3.90. The third-order valence-corrected chi connectivity index (χ3v) is 3.91. The molecule has 1 aromatic carbocycles. The van der Waals surface area contributed by atoms with Gasteiger partial charge in [-0.25, -0.2) is 4.98 Å². The van der Waals surface area contributed by atoms with Gasteiger partial charge >= 0.3 is 0 Å². The normalized spacial score (nSPS) is 15.3. The standard InChI is InChI=1S/C16H19N3O2/c1-13-15(21-12-17-13)11-16(20)19-9-7-18(8-10-19)14-5-3-2-4-6-14/h2-6,12H,7-11H2,1H3. The van der Waals surface area contributed by atoms with Gasteiger partial charge in [0.25, 0.3) is 0 Å². The molecule has 1 aliphatic heterocycles. The van der Waals surface area contributed by atoms with Crippen LogP contribution in [0.3, 0.4) is 0 Å². The summed E-state index contributed by atoms with van der Waals surface area (Å²) in [6.07, 6.45) is 1.70. The Morgan fingerprint density at radius 2 is 1.90 bits per heavy atom. The van der Waals surface area contributed by atoms with E-state index in [1.807, 2.05) is 30.0 Å². The lowest BCUT2D eigenvalue weighted by Crippen LogP contribution is -2.49. The van der Waals surface area contributed by atoms with E-state index < -0.39 is 0 Å². The van der Waals surface area contributed by atoms with Crippen molar-refractivity contribution in [2.24, 2.45) is 0 Å². The first kappa shape index (κ1) is 13.7. The third kappa shape index (κ3) is 3.07. The molecule has 0 atom stereocenters. The molecule has 110 valence electrons. The second kappa shape index (κ2) is 5.99. The van der Waals surface area contributed by atoms with Crippen LogP contribution in [0, 0.1) is 6.92 Å². The monoisotopic (exact) mass is 285 g/mol. The number of aromatic nitrogens is 1. The van der Waals surface area contributed by atoms with Gasteiger partial charge in [0.2, 0.25) is 5.91 Å². The van der Waals surface area contributed by atoms with E-state index in [2.05, 4.69) is 22.0 Å². The van der Waals surface area contributed by atoms with Gasteiger partial charge in [-0.15, -0.1) is 0 Å². The predicted octanol–water partition coefficient (Wildman–Crippen LogP) is 1.87. The summed E-state index contributed by atoms with van der Waals surface area (Å²) in [5.74, 6) is 0.785. The maximum absolute atomic E-state index is 12.3. The fraction of sp³-hybridized carbons (Fsp3) is 0.375. The molecule has 0 radical (unpaired) electrons. The van der Waals surface area contributed by atoms with E-state index in [0.717, 1.165) is 31.9 Å². The summed E-state index contributed by atoms with van der Waals surface area (Å²) >= 11 is 0. The predicted molar refractivity (Wildman–Crippen MR) is 80.2 cm³/mol. The molecular weight excluding hydrogens is 266 g/mol. The van der Waals surface area contributed by atoms with Crippen molar-refractivity contribution >= 4 is 11.6 Å². The minimum atomic E-state index is 0.113. The molecule has 1 amide bonds. The van der Waals surface area contributed by atoms with Crippen LogP contribution in [0.15, 0.2) is 41.1 Å². The SMILES string of the molecule is Cc1ncoc1CC(=O)N1CCN(c2ccccc2)CC1. The molecular formula is C16H19N3O2. The number of carbonyl (C=O) groups excluding carboxylic acids is 1. The van der Waals surface area contributed by atoms with Gasteiger partial charge in [0.15, 0.2) is 6.39 Å². The smallest absolute Gasteiger partial charge is 0.230 e. The first-order valence-electron chi connectivity index (χ1n) is 7.21. The molecule has 5 nitrogen and oxygen atoms in total. The van der Waals surface area contributed by atoms with Crippen LogP contribution in [-0.2, 0) is 11.2 Å². The van der Waals surface area contributed by atoms with Crippen LogP contribution < -0.4 is 4.90 Å². The molecule has 2 aromatic rings. The van der Waals surface area contributed by atoms with Crippen LogP contribution in [-0.4, -0.2) is 42.0 Å². The van der Waals surface area contributed by atoms with Gasteiger partial charge in [-0.2, -0.15) is 0 Å². The Morgan fingerprint density at radius 3 is 2.52 bits per heavy atom. The highest BCUT2D eigenvalue weighted by Gasteiger charge is 2.22. The zero-order valence-corrected chi connectivity index (χ0v) is 12.2. The highest BCUT2D eigenvalue weighted by molar-refractivity contribution is 5.78. The second-order valence-corrected chi connectivity index (χ2v) is 5.24. The van der Waals surface area contributed by atoms with Crippen LogP contribution in [0.25, 0.3) is 0 Å². The molecule has 0 unspecified atom stereocenters. The molecule has 0 saturated carbocycles. The van der Waals surface area contributed by atoms with Crippen molar-refractivity contribution in [2.75, 3.05) is 31.1 Å². The van der Waals surface area contributed by atoms with E-state index in [-0.39, 0.29) is 5.91 Å². The molecule has 3 rings (SSSR count). The van der Waals surface area contributed by atoms with Crippen LogP contribution in [0.5, 0.6) is 0 Å². The van der Waals surface area contributed by atoms with E-state index >= 15 is 0 Å². The first-order chi connectivity index (χ1) is 10.2. The Bertz CT molecular complexity index is 601. The van der Waals surface area contributed by atoms with Gasteiger partial charge in [-0.1, -0.05) is 18.2 Å². The number of oxazole rings is 1. The second-order valence-electron chi connectivity index (χ2n) is 5.24. The van der Waals surface area contributed by atoms with Crippen molar-refractivity contribution in [3.05, 3.63) is 48.2 Å². The molecule has 5 heteroatoms. The Balaban J connectivity index is 1.56. The van der Waals surface area contributed by atoms with Gasteiger partial charge in [-0.3, -0.25) is 4.79 Å². The lowest BCUT2D eigenvalue weighted by Gasteiger charge is -2.36. The third-order valence-electron chi connectivity index (χ3n) is 3.91. The van der Waals surface area contributed by atoms with Crippen LogP contribution in [0.1, 0.15) is 11.5 Å². The quantitative estimate of drug-likeness (QED) is 0.864. The molecule has 1 aliphatic rings. The van der Waals surface area contributed by atoms with Crippen LogP contribution in [0.2, 0.25) is 0 Å². The number of hydrogen-bond acceptors (Lipinski definition) is 4. The minimum Gasteiger partial charge on any atom is -0.448 e. The summed E-state index contributed by atoms with van der Waals surface area (Å²) < 4.78 is 5.25. The van der Waals surface area contributed by atoms with Crippen molar-refractivity contribution in [3.63, 3.8) is 0 Å². The van der Waals surface area contributed by atoms with Crippen molar-refractivity contribution in [2.45, 2.75) is 13.3 Å². The zero-order valence-electron chi connectivity index (χ0n) is 12.2. The first-order valence-corrected chi connectivity index (χ1v) is 7.21. The van der Waals surface area contributed by atoms with Crippen LogP contribution >= 0.6 is 0 Å². The number of anilines is 1. The summed E-state index contributed by atoms with van der Waals surface area (Å²) in [5.41, 5.74) is 2.02. The molecule has 1 fully saturated rings. The number of piperazine rings is 1. The number of benzene rings is 1. The summed E-state index contributed by atoms with van der Waals surface area (Å²) in [5, 5.41) is 0. The average molecular weight is 285 g/mol. The fourth-order valence-corrected chi connectivity index (χ4v) is 2.60. The molecule has 0 N–H and O–H groups in total. The Labute approximate surface area is 124 Å². The molecule has 1 aromatic heterocycles. The lowest BCUT2D eigenvalue weighted by atomic mass is 10.2. The summed E-state index contributed by atoms with van der Waals surface area (Å²) in [6.45, 7) is 5.09.